The number of carboxylic acids is 1. The van der Waals surface area contributed by atoms with Gasteiger partial charge in [-0.05, 0) is 37.1 Å². The van der Waals surface area contributed by atoms with Crippen molar-refractivity contribution in [3.8, 4) is 10.7 Å². The summed E-state index contributed by atoms with van der Waals surface area (Å²) < 4.78 is 1.29. The SMILES string of the molecule is O=C(O)Cn1c(-c2cccs2)nc2c(c1=O)CCCC2. The number of nitrogens with zero attached hydrogens (tertiary/aromatic N) is 2. The van der Waals surface area contributed by atoms with Crippen molar-refractivity contribution in [3.05, 3.63) is 39.1 Å². The number of hydrogen-bond acceptors (Lipinski definition) is 4. The van der Waals surface area contributed by atoms with Crippen LogP contribution in [0.15, 0.2) is 22.3 Å². The van der Waals surface area contributed by atoms with Crippen LogP contribution in [0.25, 0.3) is 10.7 Å². The van der Waals surface area contributed by atoms with E-state index in [1.165, 1.54) is 15.9 Å². The van der Waals surface area contributed by atoms with E-state index in [-0.39, 0.29) is 12.1 Å². The number of aromatic nitrogens is 2. The van der Waals surface area contributed by atoms with Crippen molar-refractivity contribution in [1.29, 1.82) is 0 Å². The number of aliphatic carboxylic acids is 1. The minimum Gasteiger partial charge on any atom is -0.480 e. The Hall–Kier alpha value is -1.95. The van der Waals surface area contributed by atoms with Crippen molar-refractivity contribution in [3.63, 3.8) is 0 Å². The van der Waals surface area contributed by atoms with Gasteiger partial charge in [-0.2, -0.15) is 0 Å². The van der Waals surface area contributed by atoms with Crippen molar-refractivity contribution in [2.24, 2.45) is 0 Å². The fourth-order valence-electron chi connectivity index (χ4n) is 2.57. The molecule has 0 atom stereocenters. The summed E-state index contributed by atoms with van der Waals surface area (Å²) in [4.78, 5) is 29.0. The van der Waals surface area contributed by atoms with Gasteiger partial charge in [0.05, 0.1) is 10.6 Å². The van der Waals surface area contributed by atoms with Crippen LogP contribution in [0.5, 0.6) is 0 Å². The van der Waals surface area contributed by atoms with E-state index >= 15 is 0 Å². The quantitative estimate of drug-likeness (QED) is 0.937. The Morgan fingerprint density at radius 1 is 1.40 bits per heavy atom. The van der Waals surface area contributed by atoms with E-state index in [2.05, 4.69) is 4.98 Å². The number of fused-ring (bicyclic) bond motifs is 1. The highest BCUT2D eigenvalue weighted by Crippen LogP contribution is 2.25. The van der Waals surface area contributed by atoms with Gasteiger partial charge < -0.3 is 5.11 Å². The van der Waals surface area contributed by atoms with Crippen LogP contribution in [-0.4, -0.2) is 20.6 Å². The second kappa shape index (κ2) is 5.20. The van der Waals surface area contributed by atoms with E-state index in [1.807, 2.05) is 17.5 Å². The third-order valence-corrected chi connectivity index (χ3v) is 4.34. The van der Waals surface area contributed by atoms with Crippen LogP contribution in [0.4, 0.5) is 0 Å². The minimum absolute atomic E-state index is 0.194. The maximum atomic E-state index is 12.5. The van der Waals surface area contributed by atoms with Gasteiger partial charge in [-0.1, -0.05) is 6.07 Å². The zero-order chi connectivity index (χ0) is 14.1. The van der Waals surface area contributed by atoms with Crippen LogP contribution in [0.2, 0.25) is 0 Å². The highest BCUT2D eigenvalue weighted by Gasteiger charge is 2.21. The van der Waals surface area contributed by atoms with Gasteiger partial charge in [0.2, 0.25) is 0 Å². The molecule has 1 aliphatic carbocycles. The number of carboxylic acid groups (broad SMARTS) is 1. The van der Waals surface area contributed by atoms with E-state index in [1.54, 1.807) is 0 Å². The monoisotopic (exact) mass is 290 g/mol. The summed E-state index contributed by atoms with van der Waals surface area (Å²) in [5.41, 5.74) is 1.34. The fourth-order valence-corrected chi connectivity index (χ4v) is 3.29. The molecule has 0 saturated carbocycles. The Kier molecular flexibility index (Phi) is 3.40. The van der Waals surface area contributed by atoms with Crippen LogP contribution in [0.1, 0.15) is 24.1 Å². The lowest BCUT2D eigenvalue weighted by molar-refractivity contribution is -0.137. The summed E-state index contributed by atoms with van der Waals surface area (Å²) in [5.74, 6) is -0.546. The molecule has 0 radical (unpaired) electrons. The van der Waals surface area contributed by atoms with Crippen molar-refractivity contribution < 1.29 is 9.90 Å². The molecule has 1 aliphatic rings. The molecule has 20 heavy (non-hydrogen) atoms. The highest BCUT2D eigenvalue weighted by molar-refractivity contribution is 7.13. The Bertz CT molecular complexity index is 704. The molecule has 2 heterocycles. The number of carbonyl (C=O) groups is 1. The van der Waals surface area contributed by atoms with Gasteiger partial charge in [-0.15, -0.1) is 11.3 Å². The maximum Gasteiger partial charge on any atom is 0.323 e. The van der Waals surface area contributed by atoms with Crippen LogP contribution in [0.3, 0.4) is 0 Å². The summed E-state index contributed by atoms with van der Waals surface area (Å²) in [6.45, 7) is -0.341. The number of thiophene rings is 1. The second-order valence-corrected chi connectivity index (χ2v) is 5.78. The van der Waals surface area contributed by atoms with E-state index in [0.717, 1.165) is 29.8 Å². The molecule has 0 spiro atoms. The van der Waals surface area contributed by atoms with Crippen LogP contribution >= 0.6 is 11.3 Å². The molecular weight excluding hydrogens is 276 g/mol. The first kappa shape index (κ1) is 13.1. The summed E-state index contributed by atoms with van der Waals surface area (Å²) in [6, 6.07) is 3.73. The molecule has 0 saturated heterocycles. The van der Waals surface area contributed by atoms with Gasteiger partial charge in [-0.25, -0.2) is 4.98 Å². The van der Waals surface area contributed by atoms with E-state index in [4.69, 9.17) is 5.11 Å². The Balaban J connectivity index is 2.23. The first-order chi connectivity index (χ1) is 9.66. The van der Waals surface area contributed by atoms with Gasteiger partial charge in [0.25, 0.3) is 5.56 Å². The topological polar surface area (TPSA) is 72.2 Å². The smallest absolute Gasteiger partial charge is 0.323 e. The predicted octanol–water partition coefficient (Wildman–Crippen LogP) is 1.94. The lowest BCUT2D eigenvalue weighted by Crippen LogP contribution is -2.32. The van der Waals surface area contributed by atoms with Gasteiger partial charge in [-0.3, -0.25) is 14.2 Å². The molecule has 3 rings (SSSR count). The zero-order valence-corrected chi connectivity index (χ0v) is 11.7. The molecule has 2 aromatic heterocycles. The normalized spacial score (nSPS) is 14.0. The lowest BCUT2D eigenvalue weighted by atomic mass is 9.97. The molecule has 0 unspecified atom stereocenters. The molecule has 0 aliphatic heterocycles. The first-order valence-electron chi connectivity index (χ1n) is 6.55. The molecular formula is C14H14N2O3S. The molecule has 1 N–H and O–H groups in total. The molecule has 6 heteroatoms. The third kappa shape index (κ3) is 2.27. The standard InChI is InChI=1S/C14H14N2O3S/c17-12(18)8-16-13(11-6-3-7-20-11)15-10-5-2-1-4-9(10)14(16)19/h3,6-7H,1-2,4-5,8H2,(H,17,18). The number of hydrogen-bond donors (Lipinski definition) is 1. The molecule has 0 fully saturated rings. The summed E-state index contributed by atoms with van der Waals surface area (Å²) >= 11 is 1.46. The Morgan fingerprint density at radius 3 is 2.90 bits per heavy atom. The van der Waals surface area contributed by atoms with Crippen molar-refractivity contribution in [2.45, 2.75) is 32.2 Å². The second-order valence-electron chi connectivity index (χ2n) is 4.83. The number of rotatable bonds is 3. The van der Waals surface area contributed by atoms with Crippen molar-refractivity contribution in [1.82, 2.24) is 9.55 Å². The summed E-state index contributed by atoms with van der Waals surface area (Å²) in [6.07, 6.45) is 3.50. The van der Waals surface area contributed by atoms with Crippen LogP contribution in [0, 0.1) is 0 Å². The minimum atomic E-state index is -1.03. The first-order valence-corrected chi connectivity index (χ1v) is 7.43. The molecule has 2 aromatic rings. The Labute approximate surface area is 119 Å². The van der Waals surface area contributed by atoms with E-state index < -0.39 is 5.97 Å². The van der Waals surface area contributed by atoms with Gasteiger partial charge in [0.15, 0.2) is 5.82 Å². The molecule has 104 valence electrons. The number of aryl methyl sites for hydroxylation is 1. The van der Waals surface area contributed by atoms with E-state index in [9.17, 15) is 9.59 Å². The highest BCUT2D eigenvalue weighted by atomic mass is 32.1. The summed E-state index contributed by atoms with van der Waals surface area (Å²) in [7, 11) is 0. The molecule has 5 nitrogen and oxygen atoms in total. The average Bonchev–Trinajstić information content (AvgIpc) is 2.95. The van der Waals surface area contributed by atoms with Gasteiger partial charge in [0, 0.05) is 5.56 Å². The third-order valence-electron chi connectivity index (χ3n) is 3.47. The van der Waals surface area contributed by atoms with Crippen LogP contribution in [-0.2, 0) is 24.2 Å². The zero-order valence-electron chi connectivity index (χ0n) is 10.8. The van der Waals surface area contributed by atoms with Gasteiger partial charge in [0.1, 0.15) is 6.54 Å². The van der Waals surface area contributed by atoms with Crippen molar-refractivity contribution in [2.75, 3.05) is 0 Å². The van der Waals surface area contributed by atoms with E-state index in [0.29, 0.717) is 17.8 Å². The largest absolute Gasteiger partial charge is 0.480 e. The van der Waals surface area contributed by atoms with Crippen molar-refractivity contribution >= 4 is 17.3 Å². The fraction of sp³-hybridized carbons (Fsp3) is 0.357. The maximum absolute atomic E-state index is 12.5. The van der Waals surface area contributed by atoms with Crippen LogP contribution < -0.4 is 5.56 Å². The molecule has 0 bridgehead atoms. The summed E-state index contributed by atoms with van der Waals surface area (Å²) in [5, 5.41) is 10.9. The average molecular weight is 290 g/mol. The molecule has 0 amide bonds. The lowest BCUT2D eigenvalue weighted by Gasteiger charge is -2.18. The van der Waals surface area contributed by atoms with Gasteiger partial charge >= 0.3 is 5.97 Å². The Morgan fingerprint density at radius 2 is 2.20 bits per heavy atom. The predicted molar refractivity (Wildman–Crippen MR) is 76.1 cm³/mol. The molecule has 0 aromatic carbocycles.